The minimum Gasteiger partial charge on any atom is -0.494 e. The SMILES string of the molecule is O=C1NCCCOc2cccc(c2)C2c3ccc(cc3CCN2C(=O)c2n[nH]c(=O)[nH]2)Oc2cncc1c2. The number of hydrogen-bond acceptors (Lipinski definition) is 7. The van der Waals surface area contributed by atoms with Crippen molar-refractivity contribution in [2.24, 2.45) is 0 Å². The Morgan fingerprint density at radius 2 is 1.95 bits per heavy atom. The third-order valence-electron chi connectivity index (χ3n) is 6.57. The van der Waals surface area contributed by atoms with Gasteiger partial charge < -0.3 is 19.7 Å². The fourth-order valence-electron chi connectivity index (χ4n) is 4.83. The highest BCUT2D eigenvalue weighted by Crippen LogP contribution is 2.39. The number of pyridine rings is 1. The van der Waals surface area contributed by atoms with Crippen LogP contribution in [0.2, 0.25) is 0 Å². The maximum Gasteiger partial charge on any atom is 0.341 e. The van der Waals surface area contributed by atoms with Crippen LogP contribution in [0.15, 0.2) is 65.7 Å². The second-order valence-corrected chi connectivity index (χ2v) is 9.08. The molecule has 11 nitrogen and oxygen atoms in total. The van der Waals surface area contributed by atoms with Gasteiger partial charge in [-0.15, -0.1) is 5.10 Å². The summed E-state index contributed by atoms with van der Waals surface area (Å²) in [6.45, 7) is 1.23. The zero-order valence-corrected chi connectivity index (χ0v) is 20.3. The highest BCUT2D eigenvalue weighted by atomic mass is 16.5. The summed E-state index contributed by atoms with van der Waals surface area (Å²) < 4.78 is 12.0. The molecular weight excluding hydrogens is 488 g/mol. The number of rotatable bonds is 1. The molecule has 0 saturated heterocycles. The van der Waals surface area contributed by atoms with E-state index in [9.17, 15) is 14.4 Å². The molecule has 4 aromatic rings. The molecule has 8 bridgehead atoms. The van der Waals surface area contributed by atoms with Gasteiger partial charge in [0.15, 0.2) is 0 Å². The van der Waals surface area contributed by atoms with E-state index in [1.54, 1.807) is 17.2 Å². The largest absolute Gasteiger partial charge is 0.494 e. The van der Waals surface area contributed by atoms with Gasteiger partial charge in [0.05, 0.1) is 24.4 Å². The maximum absolute atomic E-state index is 13.5. The van der Waals surface area contributed by atoms with Crippen LogP contribution in [0.25, 0.3) is 0 Å². The smallest absolute Gasteiger partial charge is 0.341 e. The normalized spacial score (nSPS) is 17.0. The molecule has 0 aliphatic carbocycles. The molecule has 2 aromatic carbocycles. The summed E-state index contributed by atoms with van der Waals surface area (Å²) in [6, 6.07) is 14.5. The molecule has 0 saturated carbocycles. The number of aromatic nitrogens is 4. The molecule has 38 heavy (non-hydrogen) atoms. The topological polar surface area (TPSA) is 142 Å². The van der Waals surface area contributed by atoms with Crippen LogP contribution in [0.3, 0.4) is 0 Å². The minimum atomic E-state index is -0.539. The summed E-state index contributed by atoms with van der Waals surface area (Å²) in [4.78, 5) is 46.0. The molecule has 0 fully saturated rings. The number of amides is 2. The summed E-state index contributed by atoms with van der Waals surface area (Å²) in [5.74, 6) is 1.03. The van der Waals surface area contributed by atoms with Crippen LogP contribution in [0.4, 0.5) is 0 Å². The van der Waals surface area contributed by atoms with E-state index in [-0.39, 0.29) is 17.6 Å². The van der Waals surface area contributed by atoms with Crippen molar-refractivity contribution < 1.29 is 19.1 Å². The Morgan fingerprint density at radius 3 is 2.82 bits per heavy atom. The lowest BCUT2D eigenvalue weighted by Gasteiger charge is -2.37. The predicted molar refractivity (Wildman–Crippen MR) is 135 cm³/mol. The lowest BCUT2D eigenvalue weighted by molar-refractivity contribution is 0.0681. The molecule has 1 unspecified atom stereocenters. The van der Waals surface area contributed by atoms with Crippen molar-refractivity contribution in [3.05, 3.63) is 99.5 Å². The molecule has 1 atom stereocenters. The van der Waals surface area contributed by atoms with Crippen molar-refractivity contribution in [2.75, 3.05) is 19.7 Å². The van der Waals surface area contributed by atoms with Crippen LogP contribution in [-0.4, -0.2) is 56.6 Å². The molecule has 3 aliphatic heterocycles. The van der Waals surface area contributed by atoms with Gasteiger partial charge in [-0.2, -0.15) is 0 Å². The first-order chi connectivity index (χ1) is 18.5. The molecule has 2 amide bonds. The van der Waals surface area contributed by atoms with E-state index in [1.807, 2.05) is 42.5 Å². The number of nitrogens with zero attached hydrogens (tertiary/aromatic N) is 3. The summed E-state index contributed by atoms with van der Waals surface area (Å²) in [7, 11) is 0. The number of carbonyl (C=O) groups is 2. The van der Waals surface area contributed by atoms with Gasteiger partial charge in [0, 0.05) is 19.3 Å². The summed E-state index contributed by atoms with van der Waals surface area (Å²) >= 11 is 0. The Bertz CT molecular complexity index is 1580. The molecule has 0 radical (unpaired) electrons. The fraction of sp³-hybridized carbons (Fsp3) is 0.222. The molecule has 2 aromatic heterocycles. The Hall–Kier alpha value is -4.93. The number of nitrogens with one attached hydrogen (secondary N) is 3. The van der Waals surface area contributed by atoms with Crippen molar-refractivity contribution in [2.45, 2.75) is 18.9 Å². The highest BCUT2D eigenvalue weighted by Gasteiger charge is 2.34. The average molecular weight is 513 g/mol. The van der Waals surface area contributed by atoms with Gasteiger partial charge in [-0.3, -0.25) is 19.6 Å². The number of benzene rings is 2. The molecule has 3 N–H and O–H groups in total. The summed E-state index contributed by atoms with van der Waals surface area (Å²) in [5, 5.41) is 9.00. The fourth-order valence-corrected chi connectivity index (χ4v) is 4.83. The van der Waals surface area contributed by atoms with Crippen molar-refractivity contribution in [3.63, 3.8) is 0 Å². The van der Waals surface area contributed by atoms with E-state index in [1.165, 1.54) is 6.20 Å². The number of carbonyl (C=O) groups excluding carboxylic acids is 2. The van der Waals surface area contributed by atoms with E-state index in [2.05, 4.69) is 25.5 Å². The van der Waals surface area contributed by atoms with Crippen molar-refractivity contribution in [1.82, 2.24) is 30.4 Å². The van der Waals surface area contributed by atoms with Crippen LogP contribution >= 0.6 is 0 Å². The lowest BCUT2D eigenvalue weighted by Crippen LogP contribution is -2.41. The minimum absolute atomic E-state index is 0.0420. The van der Waals surface area contributed by atoms with E-state index >= 15 is 0 Å². The van der Waals surface area contributed by atoms with Gasteiger partial charge in [0.25, 0.3) is 11.8 Å². The van der Waals surface area contributed by atoms with Crippen LogP contribution in [0.1, 0.15) is 50.1 Å². The molecular formula is C27H24N6O5. The molecule has 192 valence electrons. The van der Waals surface area contributed by atoms with Gasteiger partial charge in [-0.1, -0.05) is 18.2 Å². The summed E-state index contributed by atoms with van der Waals surface area (Å²) in [5.41, 5.74) is 2.67. The monoisotopic (exact) mass is 512 g/mol. The third kappa shape index (κ3) is 4.61. The number of fused-ring (bicyclic) bond motifs is 6. The number of hydrogen-bond donors (Lipinski definition) is 3. The van der Waals surface area contributed by atoms with Crippen molar-refractivity contribution >= 4 is 11.8 Å². The van der Waals surface area contributed by atoms with Crippen molar-refractivity contribution in [1.29, 1.82) is 0 Å². The van der Waals surface area contributed by atoms with Gasteiger partial charge >= 0.3 is 5.69 Å². The zero-order chi connectivity index (χ0) is 26.1. The second kappa shape index (κ2) is 9.85. The average Bonchev–Trinajstić information content (AvgIpc) is 3.37. The number of H-pyrrole nitrogens is 2. The highest BCUT2D eigenvalue weighted by molar-refractivity contribution is 5.94. The van der Waals surface area contributed by atoms with Crippen molar-refractivity contribution in [3.8, 4) is 17.2 Å². The quantitative estimate of drug-likeness (QED) is 0.356. The van der Waals surface area contributed by atoms with Gasteiger partial charge in [-0.25, -0.2) is 9.89 Å². The lowest BCUT2D eigenvalue weighted by atomic mass is 9.87. The molecule has 0 spiro atoms. The van der Waals surface area contributed by atoms with Crippen LogP contribution < -0.4 is 20.5 Å². The third-order valence-corrected chi connectivity index (χ3v) is 6.57. The molecule has 5 heterocycles. The molecule has 11 heteroatoms. The van der Waals surface area contributed by atoms with Crippen LogP contribution in [-0.2, 0) is 6.42 Å². The first kappa shape index (κ1) is 23.5. The van der Waals surface area contributed by atoms with E-state index in [4.69, 9.17) is 9.47 Å². The second-order valence-electron chi connectivity index (χ2n) is 9.08. The van der Waals surface area contributed by atoms with Gasteiger partial charge in [-0.05, 0) is 59.9 Å². The standard InChI is InChI=1S/C27H24N6O5/c34-25-18-13-21(15-28-14-18)38-20-5-6-22-16(11-20)7-9-33(26(35)24-30-27(36)32-31-24)23(22)17-3-1-4-19(12-17)37-10-2-8-29-25/h1,3-6,11-15,23H,2,7-10H2,(H,29,34)(H2,30,31,32,36). The van der Waals surface area contributed by atoms with Crippen LogP contribution in [0, 0.1) is 0 Å². The Kier molecular flexibility index (Phi) is 6.08. The summed E-state index contributed by atoms with van der Waals surface area (Å²) in [6.07, 6.45) is 4.23. The molecule has 7 rings (SSSR count). The number of aromatic amines is 2. The Balaban J connectivity index is 1.43. The van der Waals surface area contributed by atoms with E-state index in [0.717, 1.165) is 16.7 Å². The number of ether oxygens (including phenoxy) is 2. The Morgan fingerprint density at radius 1 is 1.03 bits per heavy atom. The van der Waals surface area contributed by atoms with E-state index in [0.29, 0.717) is 55.4 Å². The first-order valence-electron chi connectivity index (χ1n) is 12.3. The maximum atomic E-state index is 13.5. The van der Waals surface area contributed by atoms with Crippen LogP contribution in [0.5, 0.6) is 17.2 Å². The van der Waals surface area contributed by atoms with Gasteiger partial charge in [0.2, 0.25) is 5.82 Å². The first-order valence-corrected chi connectivity index (χ1v) is 12.3. The Labute approximate surface area is 216 Å². The zero-order valence-electron chi connectivity index (χ0n) is 20.3. The predicted octanol–water partition coefficient (Wildman–Crippen LogP) is 2.59. The molecule has 3 aliphatic rings. The van der Waals surface area contributed by atoms with E-state index < -0.39 is 11.7 Å². The van der Waals surface area contributed by atoms with Gasteiger partial charge in [0.1, 0.15) is 17.2 Å².